The average molecular weight is 518 g/mol. The topological polar surface area (TPSA) is 66.8 Å². The number of fused-ring (bicyclic) bond motifs is 1. The van der Waals surface area contributed by atoms with E-state index in [2.05, 4.69) is 50.0 Å². The van der Waals surface area contributed by atoms with Crippen molar-refractivity contribution in [1.82, 2.24) is 24.6 Å². The van der Waals surface area contributed by atoms with Crippen LogP contribution in [0, 0.1) is 0 Å². The largest absolute Gasteiger partial charge is 0.335 e. The molecular formula is C30H36ClN5O. The summed E-state index contributed by atoms with van der Waals surface area (Å²) in [7, 11) is 0. The number of halogens is 1. The molecule has 37 heavy (non-hydrogen) atoms. The number of imidazole rings is 1. The maximum absolute atomic E-state index is 14.1. The highest BCUT2D eigenvalue weighted by Gasteiger charge is 2.33. The van der Waals surface area contributed by atoms with Gasteiger partial charge in [-0.25, -0.2) is 4.98 Å². The smallest absolute Gasteiger partial charge is 0.243 e. The van der Waals surface area contributed by atoms with Gasteiger partial charge in [-0.05, 0) is 43.4 Å². The monoisotopic (exact) mass is 517 g/mol. The number of aromatic amines is 1. The van der Waals surface area contributed by atoms with Crippen LogP contribution >= 0.6 is 12.4 Å². The molecule has 194 valence electrons. The molecule has 1 N–H and O–H groups in total. The number of hydrogen-bond donors (Lipinski definition) is 1. The molecule has 0 radical (unpaired) electrons. The Labute approximate surface area is 224 Å². The molecule has 2 aromatic heterocycles. The number of nitrogens with zero attached hydrogens (tertiary/aromatic N) is 4. The van der Waals surface area contributed by atoms with Gasteiger partial charge >= 0.3 is 0 Å². The van der Waals surface area contributed by atoms with Crippen molar-refractivity contribution in [2.24, 2.45) is 0 Å². The minimum absolute atomic E-state index is 0. The first-order valence-electron chi connectivity index (χ1n) is 13.6. The van der Waals surface area contributed by atoms with E-state index < -0.39 is 0 Å². The summed E-state index contributed by atoms with van der Waals surface area (Å²) >= 11 is 0. The zero-order chi connectivity index (χ0) is 24.3. The van der Waals surface area contributed by atoms with Gasteiger partial charge in [-0.2, -0.15) is 5.10 Å². The van der Waals surface area contributed by atoms with Crippen LogP contribution in [-0.2, 0) is 11.3 Å². The predicted octanol–water partition coefficient (Wildman–Crippen LogP) is 7.01. The summed E-state index contributed by atoms with van der Waals surface area (Å²) in [6.45, 7) is 0.340. The Morgan fingerprint density at radius 3 is 2.08 bits per heavy atom. The van der Waals surface area contributed by atoms with Gasteiger partial charge in [0.1, 0.15) is 12.4 Å². The van der Waals surface area contributed by atoms with E-state index in [9.17, 15) is 4.79 Å². The average Bonchev–Trinajstić information content (AvgIpc) is 3.59. The van der Waals surface area contributed by atoms with E-state index in [4.69, 9.17) is 4.98 Å². The summed E-state index contributed by atoms with van der Waals surface area (Å²) in [5.41, 5.74) is 5.13. The molecule has 7 heteroatoms. The summed E-state index contributed by atoms with van der Waals surface area (Å²) in [5.74, 6) is 1.11. The van der Waals surface area contributed by atoms with Gasteiger partial charge in [0.2, 0.25) is 5.91 Å². The van der Waals surface area contributed by atoms with E-state index in [-0.39, 0.29) is 18.3 Å². The number of nitrogens with one attached hydrogen (secondary N) is 1. The molecule has 0 bridgehead atoms. The number of aromatic nitrogens is 4. The van der Waals surface area contributed by atoms with Crippen LogP contribution in [0.1, 0.15) is 64.2 Å². The van der Waals surface area contributed by atoms with E-state index in [1.54, 1.807) is 0 Å². The molecule has 2 aliphatic rings. The Bertz CT molecular complexity index is 1280. The van der Waals surface area contributed by atoms with Crippen LogP contribution in [0.15, 0.2) is 60.9 Å². The van der Waals surface area contributed by atoms with E-state index in [0.29, 0.717) is 18.6 Å². The number of amides is 1. The summed E-state index contributed by atoms with van der Waals surface area (Å²) < 4.78 is 2.14. The summed E-state index contributed by atoms with van der Waals surface area (Å²) in [4.78, 5) is 21.4. The molecule has 0 unspecified atom stereocenters. The van der Waals surface area contributed by atoms with Gasteiger partial charge in [0.05, 0.1) is 17.2 Å². The van der Waals surface area contributed by atoms with Crippen molar-refractivity contribution in [1.29, 1.82) is 0 Å². The lowest BCUT2D eigenvalue weighted by Gasteiger charge is -2.42. The van der Waals surface area contributed by atoms with E-state index in [0.717, 1.165) is 59.2 Å². The number of hydrogen-bond acceptors (Lipinski definition) is 3. The van der Waals surface area contributed by atoms with Crippen molar-refractivity contribution in [2.45, 2.75) is 82.8 Å². The highest BCUT2D eigenvalue weighted by atomic mass is 35.5. The Morgan fingerprint density at radius 1 is 0.838 bits per heavy atom. The van der Waals surface area contributed by atoms with Crippen LogP contribution in [0.2, 0.25) is 0 Å². The van der Waals surface area contributed by atoms with E-state index in [1.165, 1.54) is 38.5 Å². The van der Waals surface area contributed by atoms with Gasteiger partial charge in [0, 0.05) is 29.4 Å². The first-order chi connectivity index (χ1) is 17.8. The van der Waals surface area contributed by atoms with Crippen LogP contribution in [0.4, 0.5) is 0 Å². The number of rotatable bonds is 6. The van der Waals surface area contributed by atoms with Crippen molar-refractivity contribution in [3.05, 3.63) is 60.9 Å². The summed E-state index contributed by atoms with van der Waals surface area (Å²) in [5, 5.41) is 6.94. The molecule has 0 spiro atoms. The standard InChI is InChI=1S/C30H35N5O.ClH/c36-29(35(25-9-3-1-4-10-25)26-11-5-2-6-12-26)21-34-28-14-8-7-13-27(28)33-30(34)23-17-15-22(16-18-23)24-19-31-32-20-24;/h7-8,13-20,25-26H,1-6,9-12,21H2,(H,31,32);1H. The van der Waals surface area contributed by atoms with Gasteiger partial charge in [-0.15, -0.1) is 12.4 Å². The third-order valence-corrected chi connectivity index (χ3v) is 8.15. The summed E-state index contributed by atoms with van der Waals surface area (Å²) in [6.07, 6.45) is 15.9. The Hall–Kier alpha value is -3.12. The fourth-order valence-electron chi connectivity index (χ4n) is 6.32. The minimum atomic E-state index is 0. The highest BCUT2D eigenvalue weighted by molar-refractivity contribution is 5.86. The molecule has 2 fully saturated rings. The molecular weight excluding hydrogens is 482 g/mol. The predicted molar refractivity (Wildman–Crippen MR) is 151 cm³/mol. The molecule has 6 rings (SSSR count). The lowest BCUT2D eigenvalue weighted by atomic mass is 9.88. The molecule has 1 amide bonds. The number of H-pyrrole nitrogens is 1. The molecule has 6 nitrogen and oxygen atoms in total. The van der Waals surface area contributed by atoms with Gasteiger partial charge in [-0.3, -0.25) is 9.89 Å². The molecule has 0 atom stereocenters. The normalized spacial score (nSPS) is 17.0. The van der Waals surface area contributed by atoms with Gasteiger partial charge in [-0.1, -0.05) is 74.9 Å². The highest BCUT2D eigenvalue weighted by Crippen LogP contribution is 2.32. The van der Waals surface area contributed by atoms with Gasteiger partial charge in [0.25, 0.3) is 0 Å². The second-order valence-electron chi connectivity index (χ2n) is 10.5. The SMILES string of the molecule is Cl.O=C(Cn1c(-c2ccc(-c3cn[nH]c3)cc2)nc2ccccc21)N(C1CCCCC1)C1CCCCC1. The van der Waals surface area contributed by atoms with E-state index in [1.807, 2.05) is 30.6 Å². The minimum Gasteiger partial charge on any atom is -0.335 e. The lowest BCUT2D eigenvalue weighted by molar-refractivity contribution is -0.138. The third kappa shape index (κ3) is 5.30. The van der Waals surface area contributed by atoms with Crippen LogP contribution in [0.25, 0.3) is 33.5 Å². The van der Waals surface area contributed by atoms with Gasteiger partial charge < -0.3 is 9.47 Å². The molecule has 2 aliphatic carbocycles. The second kappa shape index (κ2) is 11.5. The first-order valence-corrected chi connectivity index (χ1v) is 13.6. The second-order valence-corrected chi connectivity index (χ2v) is 10.5. The fourth-order valence-corrected chi connectivity index (χ4v) is 6.32. The number of benzene rings is 2. The van der Waals surface area contributed by atoms with Gasteiger partial charge in [0.15, 0.2) is 0 Å². The molecule has 2 heterocycles. The maximum atomic E-state index is 14.1. The number of carbonyl (C=O) groups excluding carboxylic acids is 1. The van der Waals surface area contributed by atoms with Crippen molar-refractivity contribution < 1.29 is 4.79 Å². The van der Waals surface area contributed by atoms with Crippen LogP contribution in [0.3, 0.4) is 0 Å². The zero-order valence-corrected chi connectivity index (χ0v) is 22.1. The Kier molecular flexibility index (Phi) is 7.94. The van der Waals surface area contributed by atoms with Crippen molar-refractivity contribution in [3.8, 4) is 22.5 Å². The molecule has 0 saturated heterocycles. The fraction of sp³-hybridized carbons (Fsp3) is 0.433. The molecule has 2 aromatic carbocycles. The third-order valence-electron chi connectivity index (χ3n) is 8.15. The van der Waals surface area contributed by atoms with Crippen LogP contribution in [-0.4, -0.2) is 42.6 Å². The quantitative estimate of drug-likeness (QED) is 0.299. The maximum Gasteiger partial charge on any atom is 0.243 e. The lowest BCUT2D eigenvalue weighted by Crippen LogP contribution is -2.50. The van der Waals surface area contributed by atoms with E-state index >= 15 is 0 Å². The first kappa shape index (κ1) is 25.5. The molecule has 4 aromatic rings. The summed E-state index contributed by atoms with van der Waals surface area (Å²) in [6, 6.07) is 17.4. The number of para-hydroxylation sites is 2. The Morgan fingerprint density at radius 2 is 1.46 bits per heavy atom. The molecule has 0 aliphatic heterocycles. The molecule has 2 saturated carbocycles. The van der Waals surface area contributed by atoms with Crippen molar-refractivity contribution >= 4 is 29.3 Å². The van der Waals surface area contributed by atoms with Crippen molar-refractivity contribution in [3.63, 3.8) is 0 Å². The number of carbonyl (C=O) groups is 1. The van der Waals surface area contributed by atoms with Crippen LogP contribution in [0.5, 0.6) is 0 Å². The van der Waals surface area contributed by atoms with Crippen molar-refractivity contribution in [2.75, 3.05) is 0 Å². The van der Waals surface area contributed by atoms with Crippen LogP contribution < -0.4 is 0 Å². The Balaban J connectivity index is 0.00000280. The zero-order valence-electron chi connectivity index (χ0n) is 21.3.